The Hall–Kier alpha value is -2.12. The van der Waals surface area contributed by atoms with E-state index in [1.54, 1.807) is 0 Å². The molecular formula is C16H13Br2N5. The largest absolute Gasteiger partial charge is 0.393 e. The fourth-order valence-electron chi connectivity index (χ4n) is 1.98. The minimum Gasteiger partial charge on any atom is -0.393 e. The van der Waals surface area contributed by atoms with Gasteiger partial charge in [0, 0.05) is 8.95 Å². The van der Waals surface area contributed by atoms with E-state index in [9.17, 15) is 0 Å². The molecule has 0 fully saturated rings. The normalized spacial score (nSPS) is 10.3. The molecule has 0 aliphatic rings. The minimum atomic E-state index is 0.444. The molecule has 0 amide bonds. The van der Waals surface area contributed by atoms with E-state index in [1.807, 2.05) is 48.5 Å². The third-order valence-corrected chi connectivity index (χ3v) is 4.52. The quantitative estimate of drug-likeness (QED) is 0.534. The van der Waals surface area contributed by atoms with E-state index in [4.69, 9.17) is 5.73 Å². The van der Waals surface area contributed by atoms with Gasteiger partial charge in [0.15, 0.2) is 11.6 Å². The summed E-state index contributed by atoms with van der Waals surface area (Å²) in [4.78, 5) is 8.44. The van der Waals surface area contributed by atoms with Gasteiger partial charge in [0.25, 0.3) is 0 Å². The van der Waals surface area contributed by atoms with Crippen molar-refractivity contribution in [3.05, 3.63) is 63.8 Å². The number of hydrogen-bond acceptors (Lipinski definition) is 5. The molecule has 0 saturated carbocycles. The van der Waals surface area contributed by atoms with Gasteiger partial charge in [-0.3, -0.25) is 0 Å². The van der Waals surface area contributed by atoms with Crippen LogP contribution in [0.5, 0.6) is 0 Å². The number of nitrogens with zero attached hydrogens (tertiary/aromatic N) is 2. The zero-order chi connectivity index (χ0) is 16.2. The second-order valence-electron chi connectivity index (χ2n) is 4.69. The summed E-state index contributed by atoms with van der Waals surface area (Å²) in [5, 5.41) is 6.41. The molecule has 1 heterocycles. The molecule has 0 unspecified atom stereocenters. The van der Waals surface area contributed by atoms with Crippen LogP contribution < -0.4 is 16.4 Å². The first-order valence-electron chi connectivity index (χ1n) is 6.78. The molecule has 116 valence electrons. The van der Waals surface area contributed by atoms with Crippen molar-refractivity contribution in [1.29, 1.82) is 0 Å². The number of nitrogens with one attached hydrogen (secondary N) is 2. The number of hydrogen-bond donors (Lipinski definition) is 3. The fourth-order valence-corrected chi connectivity index (χ4v) is 2.74. The summed E-state index contributed by atoms with van der Waals surface area (Å²) in [7, 11) is 0. The van der Waals surface area contributed by atoms with Crippen molar-refractivity contribution in [2.45, 2.75) is 0 Å². The fraction of sp³-hybridized carbons (Fsp3) is 0. The molecule has 0 spiro atoms. The van der Waals surface area contributed by atoms with Crippen LogP contribution in [-0.2, 0) is 0 Å². The van der Waals surface area contributed by atoms with E-state index in [0.29, 0.717) is 17.3 Å². The van der Waals surface area contributed by atoms with Crippen LogP contribution in [0.3, 0.4) is 0 Å². The van der Waals surface area contributed by atoms with Gasteiger partial charge in [-0.2, -0.15) is 0 Å². The third-order valence-electron chi connectivity index (χ3n) is 3.14. The van der Waals surface area contributed by atoms with E-state index >= 15 is 0 Å². The molecule has 2 aromatic carbocycles. The molecule has 0 aliphatic heterocycles. The van der Waals surface area contributed by atoms with E-state index in [1.165, 1.54) is 6.33 Å². The molecular weight excluding hydrogens is 422 g/mol. The monoisotopic (exact) mass is 433 g/mol. The molecule has 23 heavy (non-hydrogen) atoms. The number of nitrogen functional groups attached to an aromatic ring is 1. The zero-order valence-corrected chi connectivity index (χ0v) is 15.1. The molecule has 5 nitrogen and oxygen atoms in total. The Bertz CT molecular complexity index is 772. The lowest BCUT2D eigenvalue weighted by Crippen LogP contribution is -2.05. The number of anilines is 5. The summed E-state index contributed by atoms with van der Waals surface area (Å²) < 4.78 is 1.86. The molecule has 0 aliphatic carbocycles. The summed E-state index contributed by atoms with van der Waals surface area (Å²) in [5.74, 6) is 1.09. The number of aromatic nitrogens is 2. The molecule has 0 bridgehead atoms. The van der Waals surface area contributed by atoms with E-state index in [0.717, 1.165) is 20.3 Å². The minimum absolute atomic E-state index is 0.444. The van der Waals surface area contributed by atoms with E-state index in [2.05, 4.69) is 52.5 Å². The first-order valence-corrected chi connectivity index (χ1v) is 8.37. The summed E-state index contributed by atoms with van der Waals surface area (Å²) >= 11 is 6.98. The second kappa shape index (κ2) is 6.97. The van der Waals surface area contributed by atoms with Crippen LogP contribution in [-0.4, -0.2) is 9.97 Å². The number of benzene rings is 2. The second-order valence-corrected chi connectivity index (χ2v) is 6.40. The average molecular weight is 435 g/mol. The molecule has 4 N–H and O–H groups in total. The highest BCUT2D eigenvalue weighted by molar-refractivity contribution is 9.11. The van der Waals surface area contributed by atoms with Gasteiger partial charge in [-0.1, -0.05) is 24.3 Å². The third kappa shape index (κ3) is 3.62. The standard InChI is InChI=1S/C16H13Br2N5/c17-10-5-1-3-7-12(10)22-15-14(19)16(21-9-20-15)23-13-8-4-2-6-11(13)18/h1-9H,19H2,(H2,20,21,22,23). The predicted molar refractivity (Wildman–Crippen MR) is 101 cm³/mol. The van der Waals surface area contributed by atoms with Crippen molar-refractivity contribution >= 4 is 60.6 Å². The Morgan fingerprint density at radius 2 is 1.17 bits per heavy atom. The molecule has 0 atom stereocenters. The lowest BCUT2D eigenvalue weighted by atomic mass is 10.3. The van der Waals surface area contributed by atoms with Gasteiger partial charge in [-0.25, -0.2) is 9.97 Å². The molecule has 0 saturated heterocycles. The van der Waals surface area contributed by atoms with Crippen LogP contribution in [0, 0.1) is 0 Å². The molecule has 3 aromatic rings. The maximum atomic E-state index is 6.20. The van der Waals surface area contributed by atoms with Crippen molar-refractivity contribution in [2.75, 3.05) is 16.4 Å². The lowest BCUT2D eigenvalue weighted by Gasteiger charge is -2.14. The highest BCUT2D eigenvalue weighted by atomic mass is 79.9. The Morgan fingerprint density at radius 1 is 0.739 bits per heavy atom. The Labute approximate surface area is 150 Å². The summed E-state index contributed by atoms with van der Waals surface area (Å²) in [6.45, 7) is 0. The van der Waals surface area contributed by atoms with Crippen LogP contribution in [0.1, 0.15) is 0 Å². The van der Waals surface area contributed by atoms with Gasteiger partial charge in [-0.05, 0) is 56.1 Å². The Morgan fingerprint density at radius 3 is 1.61 bits per heavy atom. The Kier molecular flexibility index (Phi) is 4.78. The summed E-state index contributed by atoms with van der Waals surface area (Å²) in [6.07, 6.45) is 1.47. The summed E-state index contributed by atoms with van der Waals surface area (Å²) in [5.41, 5.74) is 8.40. The number of nitrogens with two attached hydrogens (primary N) is 1. The Balaban J connectivity index is 1.90. The molecule has 0 radical (unpaired) electrons. The van der Waals surface area contributed by atoms with Crippen molar-refractivity contribution in [3.63, 3.8) is 0 Å². The number of rotatable bonds is 4. The van der Waals surface area contributed by atoms with Crippen LogP contribution in [0.2, 0.25) is 0 Å². The van der Waals surface area contributed by atoms with Crippen LogP contribution in [0.4, 0.5) is 28.7 Å². The molecule has 1 aromatic heterocycles. The maximum Gasteiger partial charge on any atom is 0.159 e. The van der Waals surface area contributed by atoms with Crippen LogP contribution in [0.15, 0.2) is 63.8 Å². The first kappa shape index (κ1) is 15.8. The predicted octanol–water partition coefficient (Wildman–Crippen LogP) is 5.07. The highest BCUT2D eigenvalue weighted by Gasteiger charge is 2.10. The van der Waals surface area contributed by atoms with Gasteiger partial charge < -0.3 is 16.4 Å². The average Bonchev–Trinajstić information content (AvgIpc) is 2.55. The van der Waals surface area contributed by atoms with Crippen molar-refractivity contribution in [1.82, 2.24) is 9.97 Å². The highest BCUT2D eigenvalue weighted by Crippen LogP contribution is 2.32. The van der Waals surface area contributed by atoms with E-state index < -0.39 is 0 Å². The van der Waals surface area contributed by atoms with E-state index in [-0.39, 0.29) is 0 Å². The maximum absolute atomic E-state index is 6.20. The first-order chi connectivity index (χ1) is 11.1. The smallest absolute Gasteiger partial charge is 0.159 e. The molecule has 7 heteroatoms. The van der Waals surface area contributed by atoms with Crippen molar-refractivity contribution in [3.8, 4) is 0 Å². The lowest BCUT2D eigenvalue weighted by molar-refractivity contribution is 1.17. The van der Waals surface area contributed by atoms with Gasteiger partial charge in [0.05, 0.1) is 11.4 Å². The van der Waals surface area contributed by atoms with Crippen molar-refractivity contribution < 1.29 is 0 Å². The van der Waals surface area contributed by atoms with Crippen molar-refractivity contribution in [2.24, 2.45) is 0 Å². The van der Waals surface area contributed by atoms with Gasteiger partial charge in [-0.15, -0.1) is 0 Å². The van der Waals surface area contributed by atoms with Crippen LogP contribution in [0.25, 0.3) is 0 Å². The zero-order valence-electron chi connectivity index (χ0n) is 11.9. The van der Waals surface area contributed by atoms with Gasteiger partial charge in [0.1, 0.15) is 12.0 Å². The topological polar surface area (TPSA) is 75.9 Å². The van der Waals surface area contributed by atoms with Gasteiger partial charge in [0.2, 0.25) is 0 Å². The van der Waals surface area contributed by atoms with Gasteiger partial charge >= 0.3 is 0 Å². The SMILES string of the molecule is Nc1c(Nc2ccccc2Br)ncnc1Nc1ccccc1Br. The van der Waals surface area contributed by atoms with Crippen LogP contribution >= 0.6 is 31.9 Å². The summed E-state index contributed by atoms with van der Waals surface area (Å²) in [6, 6.07) is 15.5. The molecule has 3 rings (SSSR count). The number of para-hydroxylation sites is 2. The number of halogens is 2.